The normalized spacial score (nSPS) is 11.4. The van der Waals surface area contributed by atoms with Gasteiger partial charge in [-0.1, -0.05) is 42.8 Å². The zero-order chi connectivity index (χ0) is 22.7. The number of hydrogen-bond acceptors (Lipinski definition) is 6. The number of benzene rings is 1. The first-order valence-electron chi connectivity index (χ1n) is 10.6. The molecule has 0 atom stereocenters. The summed E-state index contributed by atoms with van der Waals surface area (Å²) in [5.74, 6) is 0.532. The van der Waals surface area contributed by atoms with Crippen LogP contribution in [0.25, 0.3) is 21.3 Å². The molecule has 0 aliphatic heterocycles. The van der Waals surface area contributed by atoms with E-state index in [1.165, 1.54) is 16.9 Å². The third kappa shape index (κ3) is 4.98. The first kappa shape index (κ1) is 22.4. The molecule has 1 aromatic carbocycles. The molecule has 0 unspecified atom stereocenters. The van der Waals surface area contributed by atoms with E-state index in [1.807, 2.05) is 55.3 Å². The lowest BCUT2D eigenvalue weighted by atomic mass is 10.0. The number of fused-ring (bicyclic) bond motifs is 1. The average molecular weight is 467 g/mol. The zero-order valence-corrected chi connectivity index (χ0v) is 20.0. The third-order valence-electron chi connectivity index (χ3n) is 5.36. The van der Waals surface area contributed by atoms with Crippen molar-refractivity contribution < 1.29 is 4.79 Å². The molecular formula is C24H26N4O2S2. The SMILES string of the molecule is CCN(CC(=O)NCc1cccs1)Cc1nc2sc(C)c(-c3ccc(C)cc3)c2c(=O)[nH]1. The van der Waals surface area contributed by atoms with Gasteiger partial charge >= 0.3 is 0 Å². The van der Waals surface area contributed by atoms with Gasteiger partial charge in [0.25, 0.3) is 5.56 Å². The van der Waals surface area contributed by atoms with E-state index < -0.39 is 0 Å². The molecule has 0 aliphatic carbocycles. The minimum atomic E-state index is -0.136. The zero-order valence-electron chi connectivity index (χ0n) is 18.4. The Kier molecular flexibility index (Phi) is 6.83. The molecule has 4 aromatic rings. The molecule has 0 spiro atoms. The number of thiophene rings is 2. The van der Waals surface area contributed by atoms with Gasteiger partial charge in [0.1, 0.15) is 10.7 Å². The van der Waals surface area contributed by atoms with E-state index in [9.17, 15) is 9.59 Å². The predicted molar refractivity (Wildman–Crippen MR) is 132 cm³/mol. The predicted octanol–water partition coefficient (Wildman–Crippen LogP) is 4.47. The number of carbonyl (C=O) groups is 1. The molecule has 0 fully saturated rings. The summed E-state index contributed by atoms with van der Waals surface area (Å²) in [6.45, 7) is 7.93. The Bertz CT molecular complexity index is 1270. The monoisotopic (exact) mass is 466 g/mol. The molecule has 6 nitrogen and oxygen atoms in total. The number of amides is 1. The van der Waals surface area contributed by atoms with Crippen LogP contribution in [0.2, 0.25) is 0 Å². The van der Waals surface area contributed by atoms with Gasteiger partial charge in [-0.25, -0.2) is 4.98 Å². The molecule has 2 N–H and O–H groups in total. The minimum absolute atomic E-state index is 0.0442. The van der Waals surface area contributed by atoms with Gasteiger partial charge in [0.15, 0.2) is 0 Å². The fourth-order valence-corrected chi connectivity index (χ4v) is 5.36. The quantitative estimate of drug-likeness (QED) is 0.402. The van der Waals surface area contributed by atoms with Crippen LogP contribution >= 0.6 is 22.7 Å². The summed E-state index contributed by atoms with van der Waals surface area (Å²) in [5.41, 5.74) is 3.02. The van der Waals surface area contributed by atoms with Crippen molar-refractivity contribution in [1.29, 1.82) is 0 Å². The van der Waals surface area contributed by atoms with Gasteiger partial charge in [-0.2, -0.15) is 0 Å². The van der Waals surface area contributed by atoms with Gasteiger partial charge in [-0.05, 0) is 37.4 Å². The van der Waals surface area contributed by atoms with E-state index in [-0.39, 0.29) is 18.0 Å². The van der Waals surface area contributed by atoms with Crippen LogP contribution in [0.5, 0.6) is 0 Å². The first-order chi connectivity index (χ1) is 15.4. The van der Waals surface area contributed by atoms with E-state index >= 15 is 0 Å². The molecule has 0 saturated heterocycles. The van der Waals surface area contributed by atoms with E-state index in [0.29, 0.717) is 30.8 Å². The number of hydrogen-bond donors (Lipinski definition) is 2. The molecule has 3 aromatic heterocycles. The smallest absolute Gasteiger partial charge is 0.260 e. The number of aromatic nitrogens is 2. The summed E-state index contributed by atoms with van der Waals surface area (Å²) in [7, 11) is 0. The molecule has 8 heteroatoms. The lowest BCUT2D eigenvalue weighted by molar-refractivity contribution is -0.122. The topological polar surface area (TPSA) is 78.1 Å². The molecule has 0 aliphatic rings. The maximum absolute atomic E-state index is 13.0. The van der Waals surface area contributed by atoms with Crippen molar-refractivity contribution in [2.45, 2.75) is 33.9 Å². The van der Waals surface area contributed by atoms with Gasteiger partial charge in [-0.3, -0.25) is 14.5 Å². The van der Waals surface area contributed by atoms with Crippen LogP contribution in [0.1, 0.15) is 28.1 Å². The second-order valence-corrected chi connectivity index (χ2v) is 9.99. The van der Waals surface area contributed by atoms with Crippen LogP contribution in [0.3, 0.4) is 0 Å². The fourth-order valence-electron chi connectivity index (χ4n) is 3.66. The van der Waals surface area contributed by atoms with Crippen molar-refractivity contribution in [3.8, 4) is 11.1 Å². The van der Waals surface area contributed by atoms with Gasteiger partial charge in [-0.15, -0.1) is 22.7 Å². The lowest BCUT2D eigenvalue weighted by Gasteiger charge is -2.19. The van der Waals surface area contributed by atoms with E-state index in [0.717, 1.165) is 25.7 Å². The standard InChI is InChI=1S/C24H26N4O2S2/c1-4-28(14-20(29)25-12-18-6-5-11-31-18)13-19-26-23(30)22-21(16(3)32-24(22)27-19)17-9-7-15(2)8-10-17/h5-11H,4,12-14H2,1-3H3,(H,25,29)(H,26,27,30). The van der Waals surface area contributed by atoms with Crippen molar-refractivity contribution in [3.05, 3.63) is 73.3 Å². The molecule has 32 heavy (non-hydrogen) atoms. The van der Waals surface area contributed by atoms with Crippen LogP contribution in [-0.2, 0) is 17.9 Å². The lowest BCUT2D eigenvalue weighted by Crippen LogP contribution is -2.37. The Balaban J connectivity index is 1.52. The van der Waals surface area contributed by atoms with Gasteiger partial charge in [0, 0.05) is 15.3 Å². The number of aromatic amines is 1. The molecule has 3 heterocycles. The summed E-state index contributed by atoms with van der Waals surface area (Å²) in [6.07, 6.45) is 0. The van der Waals surface area contributed by atoms with Crippen molar-refractivity contribution in [1.82, 2.24) is 20.2 Å². The maximum Gasteiger partial charge on any atom is 0.260 e. The third-order valence-corrected chi connectivity index (χ3v) is 7.23. The second-order valence-electron chi connectivity index (χ2n) is 7.75. The maximum atomic E-state index is 13.0. The van der Waals surface area contributed by atoms with Crippen molar-refractivity contribution in [2.24, 2.45) is 0 Å². The molecule has 0 radical (unpaired) electrons. The Morgan fingerprint density at radius 2 is 1.97 bits per heavy atom. The molecular weight excluding hydrogens is 440 g/mol. The molecule has 4 rings (SSSR count). The Morgan fingerprint density at radius 3 is 2.66 bits per heavy atom. The molecule has 1 amide bonds. The molecule has 0 bridgehead atoms. The highest BCUT2D eigenvalue weighted by atomic mass is 32.1. The van der Waals surface area contributed by atoms with Gasteiger partial charge in [0.2, 0.25) is 5.91 Å². The Morgan fingerprint density at radius 1 is 1.19 bits per heavy atom. The van der Waals surface area contributed by atoms with Crippen LogP contribution in [0.4, 0.5) is 0 Å². The highest BCUT2D eigenvalue weighted by Crippen LogP contribution is 2.35. The number of carbonyl (C=O) groups excluding carboxylic acids is 1. The minimum Gasteiger partial charge on any atom is -0.350 e. The summed E-state index contributed by atoms with van der Waals surface area (Å²) in [5, 5.41) is 5.58. The summed E-state index contributed by atoms with van der Waals surface area (Å²) in [6, 6.07) is 12.2. The average Bonchev–Trinajstić information content (AvgIpc) is 3.40. The fraction of sp³-hybridized carbons (Fsp3) is 0.292. The summed E-state index contributed by atoms with van der Waals surface area (Å²) >= 11 is 3.15. The first-order valence-corrected chi connectivity index (χ1v) is 12.2. The van der Waals surface area contributed by atoms with Crippen LogP contribution in [-0.4, -0.2) is 33.9 Å². The van der Waals surface area contributed by atoms with Crippen LogP contribution < -0.4 is 10.9 Å². The van der Waals surface area contributed by atoms with E-state index in [4.69, 9.17) is 4.98 Å². The Hall–Kier alpha value is -2.81. The molecule has 0 saturated carbocycles. The highest BCUT2D eigenvalue weighted by Gasteiger charge is 2.18. The number of nitrogens with zero attached hydrogens (tertiary/aromatic N) is 2. The largest absolute Gasteiger partial charge is 0.350 e. The number of rotatable bonds is 8. The number of likely N-dealkylation sites (N-methyl/N-ethyl adjacent to an activating group) is 1. The van der Waals surface area contributed by atoms with Crippen LogP contribution in [0.15, 0.2) is 46.6 Å². The van der Waals surface area contributed by atoms with E-state index in [2.05, 4.69) is 22.4 Å². The van der Waals surface area contributed by atoms with Gasteiger partial charge < -0.3 is 10.3 Å². The summed E-state index contributed by atoms with van der Waals surface area (Å²) < 4.78 is 0. The molecule has 166 valence electrons. The van der Waals surface area contributed by atoms with Gasteiger partial charge in [0.05, 0.1) is 25.0 Å². The summed E-state index contributed by atoms with van der Waals surface area (Å²) in [4.78, 5) is 37.9. The number of aryl methyl sites for hydroxylation is 2. The van der Waals surface area contributed by atoms with E-state index in [1.54, 1.807) is 11.3 Å². The van der Waals surface area contributed by atoms with Crippen molar-refractivity contribution >= 4 is 38.8 Å². The number of nitrogens with one attached hydrogen (secondary N) is 2. The van der Waals surface area contributed by atoms with Crippen molar-refractivity contribution in [3.63, 3.8) is 0 Å². The highest BCUT2D eigenvalue weighted by molar-refractivity contribution is 7.19. The Labute approximate surface area is 194 Å². The second kappa shape index (κ2) is 9.77. The van der Waals surface area contributed by atoms with Crippen LogP contribution in [0, 0.1) is 13.8 Å². The number of H-pyrrole nitrogens is 1. The van der Waals surface area contributed by atoms with Crippen molar-refractivity contribution in [2.75, 3.05) is 13.1 Å².